The summed E-state index contributed by atoms with van der Waals surface area (Å²) in [7, 11) is 0. The van der Waals surface area contributed by atoms with Crippen molar-refractivity contribution in [2.75, 3.05) is 6.61 Å². The average Bonchev–Trinajstić information content (AvgIpc) is 2.45. The van der Waals surface area contributed by atoms with Crippen molar-refractivity contribution in [3.8, 4) is 0 Å². The molecular formula is C18H36O3. The third-order valence-electron chi connectivity index (χ3n) is 3.85. The van der Waals surface area contributed by atoms with Crippen molar-refractivity contribution in [1.82, 2.24) is 0 Å². The van der Waals surface area contributed by atoms with E-state index in [2.05, 4.69) is 6.92 Å². The smallest absolute Gasteiger partial charge is 0.308 e. The van der Waals surface area contributed by atoms with Crippen molar-refractivity contribution in [3.63, 3.8) is 0 Å². The second-order valence-corrected chi connectivity index (χ2v) is 5.99. The van der Waals surface area contributed by atoms with Crippen molar-refractivity contribution in [3.05, 3.63) is 0 Å². The van der Waals surface area contributed by atoms with Gasteiger partial charge in [-0.05, 0) is 13.3 Å². The van der Waals surface area contributed by atoms with Gasteiger partial charge < -0.3 is 9.84 Å². The summed E-state index contributed by atoms with van der Waals surface area (Å²) in [5.74, 6) is -0.284. The van der Waals surface area contributed by atoms with Crippen molar-refractivity contribution in [2.24, 2.45) is 0 Å². The monoisotopic (exact) mass is 300 g/mol. The fourth-order valence-electron chi connectivity index (χ4n) is 2.56. The van der Waals surface area contributed by atoms with Gasteiger partial charge in [-0.2, -0.15) is 0 Å². The third kappa shape index (κ3) is 15.6. The van der Waals surface area contributed by atoms with E-state index in [0.717, 1.165) is 19.3 Å². The number of esters is 1. The number of carbonyl (C=O) groups is 1. The zero-order valence-corrected chi connectivity index (χ0v) is 14.2. The highest BCUT2D eigenvalue weighted by Crippen LogP contribution is 2.13. The van der Waals surface area contributed by atoms with Crippen LogP contribution in [0.25, 0.3) is 0 Å². The minimum Gasteiger partial charge on any atom is -0.466 e. The van der Waals surface area contributed by atoms with Crippen LogP contribution in [-0.4, -0.2) is 23.8 Å². The van der Waals surface area contributed by atoms with Crippen LogP contribution < -0.4 is 0 Å². The average molecular weight is 300 g/mol. The number of hydrogen-bond donors (Lipinski definition) is 1. The molecule has 0 aliphatic rings. The van der Waals surface area contributed by atoms with Crippen molar-refractivity contribution in [2.45, 2.75) is 103 Å². The SMILES string of the molecule is CCCCCCCCCCCCCC(O)CC(=O)OCC. The molecule has 0 saturated carbocycles. The first kappa shape index (κ1) is 20.4. The van der Waals surface area contributed by atoms with Crippen LogP contribution in [0, 0.1) is 0 Å². The highest BCUT2D eigenvalue weighted by Gasteiger charge is 2.10. The van der Waals surface area contributed by atoms with Gasteiger partial charge in [-0.25, -0.2) is 0 Å². The minimum absolute atomic E-state index is 0.144. The third-order valence-corrected chi connectivity index (χ3v) is 3.85. The Bertz CT molecular complexity index is 229. The number of aliphatic hydroxyl groups is 1. The molecule has 3 nitrogen and oxygen atoms in total. The molecule has 0 aliphatic carbocycles. The van der Waals surface area contributed by atoms with Crippen LogP contribution in [0.3, 0.4) is 0 Å². The van der Waals surface area contributed by atoms with Gasteiger partial charge in [0.15, 0.2) is 0 Å². The predicted octanol–water partition coefficient (Wildman–Crippen LogP) is 5.00. The Balaban J connectivity index is 3.19. The highest BCUT2D eigenvalue weighted by atomic mass is 16.5. The summed E-state index contributed by atoms with van der Waals surface area (Å²) in [4.78, 5) is 11.2. The summed E-state index contributed by atoms with van der Waals surface area (Å²) in [6.07, 6.45) is 14.7. The molecule has 0 aromatic carbocycles. The normalized spacial score (nSPS) is 12.3. The Morgan fingerprint density at radius 2 is 1.33 bits per heavy atom. The molecule has 0 aromatic heterocycles. The molecule has 0 amide bonds. The summed E-state index contributed by atoms with van der Waals surface area (Å²) in [6, 6.07) is 0. The van der Waals surface area contributed by atoms with Crippen LogP contribution in [0.5, 0.6) is 0 Å². The lowest BCUT2D eigenvalue weighted by molar-refractivity contribution is -0.145. The molecular weight excluding hydrogens is 264 g/mol. The first-order valence-corrected chi connectivity index (χ1v) is 9.04. The Hall–Kier alpha value is -0.570. The van der Waals surface area contributed by atoms with E-state index < -0.39 is 6.10 Å². The molecule has 126 valence electrons. The van der Waals surface area contributed by atoms with Crippen LogP contribution in [0.15, 0.2) is 0 Å². The molecule has 0 spiro atoms. The Labute approximate surface area is 131 Å². The summed E-state index contributed by atoms with van der Waals surface area (Å²) in [6.45, 7) is 4.43. The molecule has 1 unspecified atom stereocenters. The number of ether oxygens (including phenoxy) is 1. The molecule has 0 fully saturated rings. The zero-order chi connectivity index (χ0) is 15.8. The molecule has 0 heterocycles. The van der Waals surface area contributed by atoms with E-state index in [1.165, 1.54) is 57.8 Å². The van der Waals surface area contributed by atoms with Crippen molar-refractivity contribution >= 4 is 5.97 Å². The zero-order valence-electron chi connectivity index (χ0n) is 14.2. The van der Waals surface area contributed by atoms with E-state index in [-0.39, 0.29) is 12.4 Å². The second kappa shape index (κ2) is 15.8. The summed E-state index contributed by atoms with van der Waals surface area (Å²) >= 11 is 0. The van der Waals surface area contributed by atoms with E-state index in [1.807, 2.05) is 0 Å². The Morgan fingerprint density at radius 3 is 1.81 bits per heavy atom. The maximum atomic E-state index is 11.2. The van der Waals surface area contributed by atoms with Crippen LogP contribution in [0.4, 0.5) is 0 Å². The maximum Gasteiger partial charge on any atom is 0.308 e. The number of unbranched alkanes of at least 4 members (excludes halogenated alkanes) is 10. The van der Waals surface area contributed by atoms with Gasteiger partial charge in [-0.15, -0.1) is 0 Å². The van der Waals surface area contributed by atoms with E-state index in [4.69, 9.17) is 4.74 Å². The lowest BCUT2D eigenvalue weighted by Crippen LogP contribution is -2.15. The standard InChI is InChI=1S/C18H36O3/c1-3-5-6-7-8-9-10-11-12-13-14-15-17(19)16-18(20)21-4-2/h17,19H,3-16H2,1-2H3. The van der Waals surface area contributed by atoms with Gasteiger partial charge in [0.25, 0.3) is 0 Å². The number of rotatable bonds is 15. The molecule has 0 aliphatic heterocycles. The van der Waals surface area contributed by atoms with E-state index in [1.54, 1.807) is 6.92 Å². The summed E-state index contributed by atoms with van der Waals surface area (Å²) < 4.78 is 4.82. The summed E-state index contributed by atoms with van der Waals surface area (Å²) in [5.41, 5.74) is 0. The summed E-state index contributed by atoms with van der Waals surface area (Å²) in [5, 5.41) is 9.69. The molecule has 0 rings (SSSR count). The molecule has 1 N–H and O–H groups in total. The fraction of sp³-hybridized carbons (Fsp3) is 0.944. The largest absolute Gasteiger partial charge is 0.466 e. The maximum absolute atomic E-state index is 11.2. The van der Waals surface area contributed by atoms with Gasteiger partial charge in [0.05, 0.1) is 19.1 Å². The molecule has 21 heavy (non-hydrogen) atoms. The molecule has 0 radical (unpaired) electrons. The van der Waals surface area contributed by atoms with E-state index in [0.29, 0.717) is 6.61 Å². The topological polar surface area (TPSA) is 46.5 Å². The quantitative estimate of drug-likeness (QED) is 0.342. The predicted molar refractivity (Wildman–Crippen MR) is 88.3 cm³/mol. The highest BCUT2D eigenvalue weighted by molar-refractivity contribution is 5.69. The molecule has 0 bridgehead atoms. The van der Waals surface area contributed by atoms with Gasteiger partial charge in [-0.3, -0.25) is 4.79 Å². The second-order valence-electron chi connectivity index (χ2n) is 5.99. The number of hydrogen-bond acceptors (Lipinski definition) is 3. The van der Waals surface area contributed by atoms with Gasteiger partial charge in [0, 0.05) is 0 Å². The number of aliphatic hydroxyl groups excluding tert-OH is 1. The number of carbonyl (C=O) groups excluding carboxylic acids is 1. The first-order chi connectivity index (χ1) is 10.2. The van der Waals surface area contributed by atoms with Gasteiger partial charge in [0.2, 0.25) is 0 Å². The molecule has 1 atom stereocenters. The van der Waals surface area contributed by atoms with Crippen molar-refractivity contribution in [1.29, 1.82) is 0 Å². The van der Waals surface area contributed by atoms with Gasteiger partial charge in [-0.1, -0.05) is 77.6 Å². The lowest BCUT2D eigenvalue weighted by Gasteiger charge is -2.09. The molecule has 3 heteroatoms. The van der Waals surface area contributed by atoms with Gasteiger partial charge >= 0.3 is 5.97 Å². The van der Waals surface area contributed by atoms with Gasteiger partial charge in [0.1, 0.15) is 0 Å². The molecule has 0 saturated heterocycles. The van der Waals surface area contributed by atoms with Crippen LogP contribution in [0.1, 0.15) is 97.3 Å². The van der Waals surface area contributed by atoms with Crippen LogP contribution in [-0.2, 0) is 9.53 Å². The van der Waals surface area contributed by atoms with Crippen LogP contribution >= 0.6 is 0 Å². The molecule has 0 aromatic rings. The Kier molecular flexibility index (Phi) is 15.4. The van der Waals surface area contributed by atoms with Crippen molar-refractivity contribution < 1.29 is 14.6 Å². The first-order valence-electron chi connectivity index (χ1n) is 9.04. The van der Waals surface area contributed by atoms with E-state index in [9.17, 15) is 9.90 Å². The van der Waals surface area contributed by atoms with E-state index >= 15 is 0 Å². The minimum atomic E-state index is -0.525. The fourth-order valence-corrected chi connectivity index (χ4v) is 2.56. The Morgan fingerprint density at radius 1 is 0.857 bits per heavy atom. The lowest BCUT2D eigenvalue weighted by atomic mass is 10.0. The van der Waals surface area contributed by atoms with Crippen LogP contribution in [0.2, 0.25) is 0 Å².